The van der Waals surface area contributed by atoms with Crippen LogP contribution in [0.1, 0.15) is 10.4 Å². The third-order valence-corrected chi connectivity index (χ3v) is 1.79. The molecule has 0 fully saturated rings. The molecule has 11 heavy (non-hydrogen) atoms. The van der Waals surface area contributed by atoms with Crippen LogP contribution in [-0.2, 0) is 0 Å². The summed E-state index contributed by atoms with van der Waals surface area (Å²) >= 11 is 10.2. The molecule has 0 spiro atoms. The van der Waals surface area contributed by atoms with E-state index < -0.39 is 0 Å². The monoisotopic (exact) mass is 184 g/mol. The molecule has 0 bridgehead atoms. The van der Waals surface area contributed by atoms with Crippen molar-refractivity contribution < 1.29 is 4.79 Å². The first-order valence-electron chi connectivity index (χ1n) is 2.99. The molecule has 0 atom stereocenters. The summed E-state index contributed by atoms with van der Waals surface area (Å²) in [5, 5.41) is 1.53. The first-order valence-corrected chi connectivity index (χ1v) is 3.84. The van der Waals surface area contributed by atoms with Gasteiger partial charge in [-0.15, -0.1) is 0 Å². The Labute approximate surface area is 75.0 Å². The fraction of sp³-hybridized carbons (Fsp3) is 0. The number of carbonyl (C=O) groups excluding carboxylic acids is 1. The molecule has 0 saturated carbocycles. The van der Waals surface area contributed by atoms with Gasteiger partial charge in [0.25, 0.3) is 0 Å². The highest BCUT2D eigenvalue weighted by Crippen LogP contribution is 2.14. The van der Waals surface area contributed by atoms with Gasteiger partial charge in [-0.1, -0.05) is 36.0 Å². The maximum Gasteiger partial charge on any atom is 0.198 e. The van der Waals surface area contributed by atoms with Crippen LogP contribution in [0.2, 0.25) is 5.02 Å². The van der Waals surface area contributed by atoms with Gasteiger partial charge in [-0.2, -0.15) is 0 Å². The second kappa shape index (κ2) is 3.60. The van der Waals surface area contributed by atoms with Gasteiger partial charge in [-0.05, 0) is 12.1 Å². The zero-order chi connectivity index (χ0) is 8.27. The first-order chi connectivity index (χ1) is 5.25. The SMILES string of the molecule is O=C(C=S)c1ccccc1Cl. The van der Waals surface area contributed by atoms with E-state index in [0.717, 1.165) is 5.37 Å². The van der Waals surface area contributed by atoms with Gasteiger partial charge >= 0.3 is 0 Å². The maximum atomic E-state index is 11.0. The summed E-state index contributed by atoms with van der Waals surface area (Å²) in [4.78, 5) is 11.0. The topological polar surface area (TPSA) is 17.1 Å². The minimum atomic E-state index is -0.217. The van der Waals surface area contributed by atoms with Gasteiger partial charge in [-0.3, -0.25) is 4.79 Å². The highest BCUT2D eigenvalue weighted by Gasteiger charge is 2.04. The Bertz CT molecular complexity index is 296. The summed E-state index contributed by atoms with van der Waals surface area (Å²) < 4.78 is 0. The predicted octanol–water partition coefficient (Wildman–Crippen LogP) is 2.52. The van der Waals surface area contributed by atoms with Gasteiger partial charge in [0, 0.05) is 10.9 Å². The van der Waals surface area contributed by atoms with Crippen molar-refractivity contribution in [3.05, 3.63) is 34.9 Å². The lowest BCUT2D eigenvalue weighted by Crippen LogP contribution is -1.98. The van der Waals surface area contributed by atoms with Crippen molar-refractivity contribution in [1.29, 1.82) is 0 Å². The van der Waals surface area contributed by atoms with Crippen molar-refractivity contribution in [2.45, 2.75) is 0 Å². The number of ketones is 1. The van der Waals surface area contributed by atoms with E-state index in [0.29, 0.717) is 10.6 Å². The van der Waals surface area contributed by atoms with Gasteiger partial charge in [-0.25, -0.2) is 0 Å². The van der Waals surface area contributed by atoms with Crippen molar-refractivity contribution in [3.63, 3.8) is 0 Å². The van der Waals surface area contributed by atoms with Gasteiger partial charge in [0.15, 0.2) is 5.78 Å². The average molecular weight is 185 g/mol. The van der Waals surface area contributed by atoms with E-state index in [4.69, 9.17) is 11.6 Å². The Morgan fingerprint density at radius 3 is 2.64 bits per heavy atom. The number of hydrogen-bond donors (Lipinski definition) is 0. The Morgan fingerprint density at radius 2 is 2.09 bits per heavy atom. The minimum absolute atomic E-state index is 0.217. The summed E-state index contributed by atoms with van der Waals surface area (Å²) in [6.45, 7) is 0. The molecule has 1 rings (SSSR count). The number of thiocarbonyl (C=S) groups is 1. The van der Waals surface area contributed by atoms with Gasteiger partial charge in [0.2, 0.25) is 0 Å². The summed E-state index contributed by atoms with van der Waals surface area (Å²) in [6.07, 6.45) is 0. The van der Waals surface area contributed by atoms with Crippen LogP contribution >= 0.6 is 23.8 Å². The number of Topliss-reactive ketones (excluding diaryl/α,β-unsaturated/α-hetero) is 1. The lowest BCUT2D eigenvalue weighted by molar-refractivity contribution is 0.107. The summed E-state index contributed by atoms with van der Waals surface area (Å²) in [5.41, 5.74) is 0.462. The molecule has 0 unspecified atom stereocenters. The zero-order valence-electron chi connectivity index (χ0n) is 5.58. The smallest absolute Gasteiger partial charge is 0.198 e. The van der Waals surface area contributed by atoms with Crippen molar-refractivity contribution in [3.8, 4) is 0 Å². The molecular formula is C8H5ClOS. The number of carbonyl (C=O) groups is 1. The number of halogens is 1. The summed E-state index contributed by atoms with van der Waals surface area (Å²) in [7, 11) is 0. The van der Waals surface area contributed by atoms with E-state index in [-0.39, 0.29) is 5.78 Å². The van der Waals surface area contributed by atoms with E-state index in [1.54, 1.807) is 24.3 Å². The third kappa shape index (κ3) is 1.85. The van der Waals surface area contributed by atoms with E-state index in [1.807, 2.05) is 0 Å². The molecule has 1 nitrogen and oxygen atoms in total. The number of rotatable bonds is 2. The third-order valence-electron chi connectivity index (χ3n) is 1.25. The van der Waals surface area contributed by atoms with Gasteiger partial charge in [0.1, 0.15) is 0 Å². The van der Waals surface area contributed by atoms with Crippen molar-refractivity contribution in [2.75, 3.05) is 0 Å². The molecule has 0 radical (unpaired) electrons. The lowest BCUT2D eigenvalue weighted by Gasteiger charge is -1.95. The molecule has 0 aliphatic rings. The fourth-order valence-electron chi connectivity index (χ4n) is 0.725. The average Bonchev–Trinajstić information content (AvgIpc) is 2.04. The quantitative estimate of drug-likeness (QED) is 0.519. The van der Waals surface area contributed by atoms with E-state index in [9.17, 15) is 4.79 Å². The molecule has 0 saturated heterocycles. The van der Waals surface area contributed by atoms with E-state index in [1.165, 1.54) is 0 Å². The number of hydrogen-bond acceptors (Lipinski definition) is 2. The van der Waals surface area contributed by atoms with Crippen LogP contribution in [0.4, 0.5) is 0 Å². The molecule has 56 valence electrons. The summed E-state index contributed by atoms with van der Waals surface area (Å²) in [6, 6.07) is 6.82. The molecule has 0 heterocycles. The van der Waals surface area contributed by atoms with Crippen LogP contribution < -0.4 is 0 Å². The maximum absolute atomic E-state index is 11.0. The number of benzene rings is 1. The Morgan fingerprint density at radius 1 is 1.45 bits per heavy atom. The van der Waals surface area contributed by atoms with Crippen LogP contribution in [0.25, 0.3) is 0 Å². The fourth-order valence-corrected chi connectivity index (χ4v) is 1.08. The van der Waals surface area contributed by atoms with Crippen LogP contribution in [-0.4, -0.2) is 11.2 Å². The minimum Gasteiger partial charge on any atom is -0.288 e. The molecule has 0 aromatic heterocycles. The van der Waals surface area contributed by atoms with Gasteiger partial charge < -0.3 is 0 Å². The Kier molecular flexibility index (Phi) is 2.74. The molecule has 1 aromatic rings. The molecule has 0 aliphatic carbocycles. The standard InChI is InChI=1S/C8H5ClOS/c9-7-4-2-1-3-6(7)8(10)5-11/h1-5H. The predicted molar refractivity (Wildman–Crippen MR) is 49.4 cm³/mol. The van der Waals surface area contributed by atoms with Crippen LogP contribution in [0.15, 0.2) is 24.3 Å². The second-order valence-electron chi connectivity index (χ2n) is 1.96. The molecule has 0 aliphatic heterocycles. The van der Waals surface area contributed by atoms with Crippen LogP contribution in [0.5, 0.6) is 0 Å². The van der Waals surface area contributed by atoms with Crippen molar-refractivity contribution in [1.82, 2.24) is 0 Å². The van der Waals surface area contributed by atoms with E-state index >= 15 is 0 Å². The summed E-state index contributed by atoms with van der Waals surface area (Å²) in [5.74, 6) is -0.217. The molecule has 0 N–H and O–H groups in total. The first kappa shape index (κ1) is 8.37. The zero-order valence-corrected chi connectivity index (χ0v) is 7.15. The highest BCUT2D eigenvalue weighted by molar-refractivity contribution is 7.80. The van der Waals surface area contributed by atoms with Crippen LogP contribution in [0, 0.1) is 0 Å². The molecule has 3 heteroatoms. The van der Waals surface area contributed by atoms with Crippen LogP contribution in [0.3, 0.4) is 0 Å². The van der Waals surface area contributed by atoms with Crippen molar-refractivity contribution in [2.24, 2.45) is 0 Å². The lowest BCUT2D eigenvalue weighted by atomic mass is 10.1. The second-order valence-corrected chi connectivity index (χ2v) is 2.60. The van der Waals surface area contributed by atoms with Crippen molar-refractivity contribution >= 4 is 35.0 Å². The Hall–Kier alpha value is -0.730. The highest BCUT2D eigenvalue weighted by atomic mass is 35.5. The molecule has 0 amide bonds. The largest absolute Gasteiger partial charge is 0.288 e. The molecular weight excluding hydrogens is 180 g/mol. The normalized spacial score (nSPS) is 9.18. The van der Waals surface area contributed by atoms with E-state index in [2.05, 4.69) is 12.2 Å². The Balaban J connectivity index is 3.13. The van der Waals surface area contributed by atoms with Gasteiger partial charge in [0.05, 0.1) is 5.02 Å². The molecule has 1 aromatic carbocycles.